The number of alkyl halides is 2. The maximum atomic E-state index is 12.4. The molecule has 0 aliphatic heterocycles. The van der Waals surface area contributed by atoms with Crippen molar-refractivity contribution in [2.45, 2.75) is 19.4 Å². The van der Waals surface area contributed by atoms with Gasteiger partial charge in [-0.15, -0.1) is 0 Å². The van der Waals surface area contributed by atoms with Gasteiger partial charge in [0.05, 0.1) is 6.54 Å². The first kappa shape index (κ1) is 14.4. The van der Waals surface area contributed by atoms with Crippen molar-refractivity contribution in [3.8, 4) is 0 Å². The maximum Gasteiger partial charge on any atom is 0.255 e. The molecule has 17 heavy (non-hydrogen) atoms. The Kier molecular flexibility index (Phi) is 5.33. The minimum Gasteiger partial charge on any atom is -0.369 e. The van der Waals surface area contributed by atoms with Crippen molar-refractivity contribution in [2.75, 3.05) is 25.5 Å². The van der Waals surface area contributed by atoms with E-state index in [1.165, 1.54) is 0 Å². The van der Waals surface area contributed by atoms with Crippen LogP contribution in [0.25, 0.3) is 0 Å². The van der Waals surface area contributed by atoms with Crippen LogP contribution in [0.15, 0.2) is 22.7 Å². The second-order valence-corrected chi connectivity index (χ2v) is 4.90. The molecule has 0 amide bonds. The highest BCUT2D eigenvalue weighted by Gasteiger charge is 2.15. The Morgan fingerprint density at radius 1 is 1.41 bits per heavy atom. The zero-order valence-corrected chi connectivity index (χ0v) is 11.8. The summed E-state index contributed by atoms with van der Waals surface area (Å²) in [6, 6.07) is 5.79. The molecule has 1 aromatic carbocycles. The van der Waals surface area contributed by atoms with Gasteiger partial charge in [-0.2, -0.15) is 0 Å². The minimum atomic E-state index is -2.33. The van der Waals surface area contributed by atoms with E-state index in [1.54, 1.807) is 11.9 Å². The zero-order chi connectivity index (χ0) is 13.0. The molecule has 1 aromatic rings. The minimum absolute atomic E-state index is 0.114. The summed E-state index contributed by atoms with van der Waals surface area (Å²) in [7, 11) is 3.53. The summed E-state index contributed by atoms with van der Waals surface area (Å²) >= 11 is 3.40. The Morgan fingerprint density at radius 3 is 2.59 bits per heavy atom. The van der Waals surface area contributed by atoms with Gasteiger partial charge >= 0.3 is 0 Å². The monoisotopic (exact) mass is 306 g/mol. The number of rotatable bonds is 5. The first-order valence-electron chi connectivity index (χ1n) is 5.41. The Hall–Kier alpha value is -0.680. The van der Waals surface area contributed by atoms with Crippen LogP contribution >= 0.6 is 15.9 Å². The van der Waals surface area contributed by atoms with Crippen LogP contribution in [-0.2, 0) is 0 Å². The third-order valence-electron chi connectivity index (χ3n) is 2.71. The molecule has 0 fully saturated rings. The summed E-state index contributed by atoms with van der Waals surface area (Å²) in [5.74, 6) is 0. The Labute approximate surface area is 109 Å². The Morgan fingerprint density at radius 2 is 2.06 bits per heavy atom. The highest BCUT2D eigenvalue weighted by molar-refractivity contribution is 9.10. The predicted octanol–water partition coefficient (Wildman–Crippen LogP) is 3.43. The largest absolute Gasteiger partial charge is 0.369 e. The van der Waals surface area contributed by atoms with Crippen LogP contribution in [0.3, 0.4) is 0 Å². The number of hydrogen-bond acceptors (Lipinski definition) is 2. The van der Waals surface area contributed by atoms with Crippen LogP contribution in [-0.4, -0.2) is 27.1 Å². The molecule has 0 bridgehead atoms. The molecule has 0 aromatic heterocycles. The molecule has 1 atom stereocenters. The van der Waals surface area contributed by atoms with Gasteiger partial charge in [0.2, 0.25) is 0 Å². The molecule has 2 nitrogen and oxygen atoms in total. The molecule has 1 unspecified atom stereocenters. The van der Waals surface area contributed by atoms with E-state index >= 15 is 0 Å². The highest BCUT2D eigenvalue weighted by atomic mass is 79.9. The normalized spacial score (nSPS) is 12.9. The Balaban J connectivity index is 3.05. The lowest BCUT2D eigenvalue weighted by atomic mass is 10.1. The van der Waals surface area contributed by atoms with E-state index in [-0.39, 0.29) is 12.6 Å². The lowest BCUT2D eigenvalue weighted by molar-refractivity contribution is 0.156. The molecule has 0 aliphatic carbocycles. The summed E-state index contributed by atoms with van der Waals surface area (Å²) in [6.45, 7) is 1.74. The standard InChI is InChI=1S/C12H17BrF2N2/c1-8(16-2)10-6-9(13)4-5-11(10)17(3)7-12(14)15/h4-6,8,12,16H,7H2,1-3H3. The molecular formula is C12H17BrF2N2. The fraction of sp³-hybridized carbons (Fsp3) is 0.500. The van der Waals surface area contributed by atoms with Crippen LogP contribution in [0.5, 0.6) is 0 Å². The van der Waals surface area contributed by atoms with Gasteiger partial charge in [0.15, 0.2) is 0 Å². The van der Waals surface area contributed by atoms with Crippen LogP contribution in [0.2, 0.25) is 0 Å². The van der Waals surface area contributed by atoms with Crippen LogP contribution in [0.4, 0.5) is 14.5 Å². The fourth-order valence-corrected chi connectivity index (χ4v) is 2.06. The molecule has 0 aliphatic rings. The van der Waals surface area contributed by atoms with Gasteiger partial charge in [0, 0.05) is 23.2 Å². The van der Waals surface area contributed by atoms with Crippen LogP contribution in [0, 0.1) is 0 Å². The number of hydrogen-bond donors (Lipinski definition) is 1. The molecule has 0 saturated heterocycles. The van der Waals surface area contributed by atoms with Gasteiger partial charge < -0.3 is 10.2 Å². The second kappa shape index (κ2) is 6.31. The molecule has 5 heteroatoms. The van der Waals surface area contributed by atoms with E-state index < -0.39 is 6.43 Å². The van der Waals surface area contributed by atoms with Gasteiger partial charge in [-0.25, -0.2) is 8.78 Å². The smallest absolute Gasteiger partial charge is 0.255 e. The second-order valence-electron chi connectivity index (χ2n) is 3.99. The van der Waals surface area contributed by atoms with E-state index in [9.17, 15) is 8.78 Å². The van der Waals surface area contributed by atoms with Gasteiger partial charge in [-0.1, -0.05) is 15.9 Å². The summed E-state index contributed by atoms with van der Waals surface area (Å²) in [4.78, 5) is 1.58. The van der Waals surface area contributed by atoms with Gasteiger partial charge in [-0.05, 0) is 37.7 Å². The van der Waals surface area contributed by atoms with Crippen molar-refractivity contribution in [3.63, 3.8) is 0 Å². The number of halogens is 3. The van der Waals surface area contributed by atoms with Gasteiger partial charge in [-0.3, -0.25) is 0 Å². The SMILES string of the molecule is CNC(C)c1cc(Br)ccc1N(C)CC(F)F. The van der Waals surface area contributed by atoms with E-state index in [0.717, 1.165) is 15.7 Å². The molecule has 1 rings (SSSR count). The molecule has 0 saturated carbocycles. The van der Waals surface area contributed by atoms with Crippen molar-refractivity contribution in [1.82, 2.24) is 5.32 Å². The summed E-state index contributed by atoms with van der Waals surface area (Å²) in [6.07, 6.45) is -2.33. The number of nitrogens with one attached hydrogen (secondary N) is 1. The molecule has 0 radical (unpaired) electrons. The van der Waals surface area contributed by atoms with E-state index in [4.69, 9.17) is 0 Å². The van der Waals surface area contributed by atoms with Crippen LogP contribution < -0.4 is 10.2 Å². The van der Waals surface area contributed by atoms with Crippen molar-refractivity contribution in [1.29, 1.82) is 0 Å². The van der Waals surface area contributed by atoms with Crippen molar-refractivity contribution in [2.24, 2.45) is 0 Å². The van der Waals surface area contributed by atoms with Crippen molar-refractivity contribution >= 4 is 21.6 Å². The highest BCUT2D eigenvalue weighted by Crippen LogP contribution is 2.29. The van der Waals surface area contributed by atoms with E-state index in [2.05, 4.69) is 21.2 Å². The van der Waals surface area contributed by atoms with Crippen LogP contribution in [0.1, 0.15) is 18.5 Å². The summed E-state index contributed by atoms with van der Waals surface area (Å²) in [5, 5.41) is 3.12. The lowest BCUT2D eigenvalue weighted by Crippen LogP contribution is -2.26. The third kappa shape index (κ3) is 3.92. The maximum absolute atomic E-state index is 12.4. The summed E-state index contributed by atoms with van der Waals surface area (Å²) in [5.41, 5.74) is 1.83. The molecular weight excluding hydrogens is 290 g/mol. The fourth-order valence-electron chi connectivity index (χ4n) is 1.68. The molecule has 1 N–H and O–H groups in total. The average molecular weight is 307 g/mol. The van der Waals surface area contributed by atoms with E-state index in [0.29, 0.717) is 0 Å². The zero-order valence-electron chi connectivity index (χ0n) is 10.2. The van der Waals surface area contributed by atoms with E-state index in [1.807, 2.05) is 32.2 Å². The number of anilines is 1. The first-order chi connectivity index (χ1) is 7.95. The molecule has 96 valence electrons. The topological polar surface area (TPSA) is 15.3 Å². The van der Waals surface area contributed by atoms with Gasteiger partial charge in [0.25, 0.3) is 6.43 Å². The first-order valence-corrected chi connectivity index (χ1v) is 6.21. The quantitative estimate of drug-likeness (QED) is 0.896. The number of benzene rings is 1. The number of nitrogens with zero attached hydrogens (tertiary/aromatic N) is 1. The predicted molar refractivity (Wildman–Crippen MR) is 70.9 cm³/mol. The van der Waals surface area contributed by atoms with Crippen molar-refractivity contribution < 1.29 is 8.78 Å². The summed E-state index contributed by atoms with van der Waals surface area (Å²) < 4.78 is 25.7. The lowest BCUT2D eigenvalue weighted by Gasteiger charge is -2.25. The van der Waals surface area contributed by atoms with Gasteiger partial charge in [0.1, 0.15) is 0 Å². The third-order valence-corrected chi connectivity index (χ3v) is 3.21. The molecule has 0 heterocycles. The average Bonchev–Trinajstić information content (AvgIpc) is 2.26. The van der Waals surface area contributed by atoms with Crippen molar-refractivity contribution in [3.05, 3.63) is 28.2 Å². The Bertz CT molecular complexity index is 372. The molecule has 0 spiro atoms.